The maximum absolute atomic E-state index is 11.0. The van der Waals surface area contributed by atoms with Gasteiger partial charge < -0.3 is 9.47 Å². The minimum Gasteiger partial charge on any atom is -0.430 e. The molecule has 0 amide bonds. The molecule has 1 aromatic carbocycles. The van der Waals surface area contributed by atoms with Crippen molar-refractivity contribution in [1.29, 1.82) is 0 Å². The van der Waals surface area contributed by atoms with Gasteiger partial charge in [0.15, 0.2) is 0 Å². The normalized spacial score (nSPS) is 9.25. The van der Waals surface area contributed by atoms with Crippen molar-refractivity contribution in [3.63, 3.8) is 0 Å². The van der Waals surface area contributed by atoms with Crippen LogP contribution in [0.5, 0.6) is 5.75 Å². The molecule has 1 rings (SSSR count). The van der Waals surface area contributed by atoms with Crippen LogP contribution in [-0.4, -0.2) is 17.7 Å². The van der Waals surface area contributed by atoms with E-state index in [1.54, 1.807) is 0 Å². The number of nitro benzene ring substituents is 1. The van der Waals surface area contributed by atoms with Gasteiger partial charge in [0, 0.05) is 12.1 Å². The highest BCUT2D eigenvalue weighted by atomic mass is 16.7. The Bertz CT molecular complexity index is 398. The number of carbonyl (C=O) groups is 1. The third-order valence-electron chi connectivity index (χ3n) is 1.57. The molecule has 0 spiro atoms. The topological polar surface area (TPSA) is 78.7 Å². The van der Waals surface area contributed by atoms with Gasteiger partial charge in [0.05, 0.1) is 4.92 Å². The number of benzene rings is 1. The highest BCUT2D eigenvalue weighted by molar-refractivity contribution is 5.64. The van der Waals surface area contributed by atoms with Crippen molar-refractivity contribution in [1.82, 2.24) is 0 Å². The van der Waals surface area contributed by atoms with Crippen molar-refractivity contribution in [2.75, 3.05) is 6.61 Å². The minimum absolute atomic E-state index is 0.0474. The van der Waals surface area contributed by atoms with Crippen molar-refractivity contribution in [2.45, 2.75) is 0 Å². The second-order valence-corrected chi connectivity index (χ2v) is 2.70. The highest BCUT2D eigenvalue weighted by Crippen LogP contribution is 2.17. The van der Waals surface area contributed by atoms with Gasteiger partial charge in [-0.3, -0.25) is 10.1 Å². The third kappa shape index (κ3) is 3.41. The van der Waals surface area contributed by atoms with Crippen molar-refractivity contribution >= 4 is 11.8 Å². The molecule has 84 valence electrons. The van der Waals surface area contributed by atoms with Crippen LogP contribution in [0, 0.1) is 10.1 Å². The zero-order valence-electron chi connectivity index (χ0n) is 8.29. The Morgan fingerprint density at radius 1 is 1.44 bits per heavy atom. The first-order valence-corrected chi connectivity index (χ1v) is 4.33. The molecule has 0 saturated heterocycles. The summed E-state index contributed by atoms with van der Waals surface area (Å²) in [4.78, 5) is 20.8. The number of carbonyl (C=O) groups excluding carboxylic acids is 1. The minimum atomic E-state index is -0.881. The van der Waals surface area contributed by atoms with Gasteiger partial charge in [-0.15, -0.1) is 0 Å². The van der Waals surface area contributed by atoms with Crippen molar-refractivity contribution in [3.8, 4) is 5.75 Å². The maximum atomic E-state index is 11.0. The first-order valence-electron chi connectivity index (χ1n) is 4.33. The van der Waals surface area contributed by atoms with Crippen LogP contribution >= 0.6 is 0 Å². The molecule has 1 aromatic rings. The molecule has 0 aliphatic rings. The number of nitro groups is 1. The molecule has 0 radical (unpaired) electrons. The monoisotopic (exact) mass is 223 g/mol. The van der Waals surface area contributed by atoms with E-state index >= 15 is 0 Å². The van der Waals surface area contributed by atoms with E-state index in [2.05, 4.69) is 11.3 Å². The lowest BCUT2D eigenvalue weighted by atomic mass is 10.3. The first-order chi connectivity index (χ1) is 7.63. The van der Waals surface area contributed by atoms with Crippen LogP contribution in [0.1, 0.15) is 0 Å². The summed E-state index contributed by atoms with van der Waals surface area (Å²) in [6.45, 7) is 3.41. The van der Waals surface area contributed by atoms with E-state index in [1.807, 2.05) is 0 Å². The quantitative estimate of drug-likeness (QED) is 0.257. The average Bonchev–Trinajstić information content (AvgIpc) is 2.27. The summed E-state index contributed by atoms with van der Waals surface area (Å²) in [6, 6.07) is 5.09. The van der Waals surface area contributed by atoms with Crippen LogP contribution in [0.4, 0.5) is 10.5 Å². The van der Waals surface area contributed by atoms with Crippen LogP contribution in [0.15, 0.2) is 36.9 Å². The van der Waals surface area contributed by atoms with E-state index in [0.717, 1.165) is 0 Å². The molecule has 6 nitrogen and oxygen atoms in total. The molecule has 16 heavy (non-hydrogen) atoms. The number of hydrogen-bond donors (Lipinski definition) is 0. The second kappa shape index (κ2) is 5.50. The Balaban J connectivity index is 2.58. The van der Waals surface area contributed by atoms with Crippen molar-refractivity contribution in [2.24, 2.45) is 0 Å². The summed E-state index contributed by atoms with van der Waals surface area (Å²) in [5.41, 5.74) is -0.0770. The fraction of sp³-hybridized carbons (Fsp3) is 0.100. The van der Waals surface area contributed by atoms with Gasteiger partial charge in [-0.05, 0) is 12.1 Å². The van der Waals surface area contributed by atoms with Crippen LogP contribution in [0.25, 0.3) is 0 Å². The van der Waals surface area contributed by atoms with Crippen LogP contribution < -0.4 is 4.74 Å². The van der Waals surface area contributed by atoms with Gasteiger partial charge in [-0.1, -0.05) is 12.7 Å². The predicted octanol–water partition coefficient (Wildman–Crippen LogP) is 2.30. The molecule has 0 N–H and O–H groups in total. The Hall–Kier alpha value is -2.37. The fourth-order valence-corrected chi connectivity index (χ4v) is 0.889. The van der Waals surface area contributed by atoms with Crippen LogP contribution in [0.3, 0.4) is 0 Å². The van der Waals surface area contributed by atoms with Crippen LogP contribution in [-0.2, 0) is 4.74 Å². The van der Waals surface area contributed by atoms with Gasteiger partial charge >= 0.3 is 6.16 Å². The summed E-state index contributed by atoms with van der Waals surface area (Å²) in [5, 5.41) is 10.3. The Morgan fingerprint density at radius 3 is 2.56 bits per heavy atom. The first kappa shape index (κ1) is 11.7. The number of ether oxygens (including phenoxy) is 2. The molecule has 0 aliphatic carbocycles. The van der Waals surface area contributed by atoms with Crippen molar-refractivity contribution in [3.05, 3.63) is 47.0 Å². The molecule has 0 heterocycles. The molecule has 0 bridgehead atoms. The molecular formula is C10H9NO5. The Kier molecular flexibility index (Phi) is 4.02. The Labute approximate surface area is 91.2 Å². The van der Waals surface area contributed by atoms with E-state index in [4.69, 9.17) is 4.74 Å². The summed E-state index contributed by atoms with van der Waals surface area (Å²) in [6.07, 6.45) is 0.519. The van der Waals surface area contributed by atoms with Gasteiger partial charge in [0.25, 0.3) is 5.69 Å². The molecular weight excluding hydrogens is 214 g/mol. The summed E-state index contributed by atoms with van der Waals surface area (Å²) in [5.74, 6) is 0.180. The highest BCUT2D eigenvalue weighted by Gasteiger charge is 2.08. The molecule has 0 aliphatic heterocycles. The van der Waals surface area contributed by atoms with Gasteiger partial charge in [-0.2, -0.15) is 0 Å². The number of non-ortho nitro benzene ring substituents is 1. The standard InChI is InChI=1S/C10H9NO5/c1-2-7-15-10(12)16-9-5-3-8(4-6-9)11(13)14/h2-6H,1,7H2. The van der Waals surface area contributed by atoms with Gasteiger partial charge in [0.2, 0.25) is 0 Å². The maximum Gasteiger partial charge on any atom is 0.514 e. The lowest BCUT2D eigenvalue weighted by molar-refractivity contribution is -0.384. The zero-order valence-corrected chi connectivity index (χ0v) is 8.29. The van der Waals surface area contributed by atoms with E-state index < -0.39 is 11.1 Å². The zero-order chi connectivity index (χ0) is 12.0. The van der Waals surface area contributed by atoms with Gasteiger partial charge in [0.1, 0.15) is 12.4 Å². The van der Waals surface area contributed by atoms with E-state index in [0.29, 0.717) is 0 Å². The summed E-state index contributed by atoms with van der Waals surface area (Å²) in [7, 11) is 0. The SMILES string of the molecule is C=CCOC(=O)Oc1ccc([N+](=O)[O-])cc1. The molecule has 0 aromatic heterocycles. The van der Waals surface area contributed by atoms with E-state index in [1.165, 1.54) is 30.3 Å². The number of rotatable bonds is 4. The third-order valence-corrected chi connectivity index (χ3v) is 1.57. The van der Waals surface area contributed by atoms with Gasteiger partial charge in [-0.25, -0.2) is 4.79 Å². The molecule has 0 unspecified atom stereocenters. The fourth-order valence-electron chi connectivity index (χ4n) is 0.889. The predicted molar refractivity (Wildman–Crippen MR) is 55.3 cm³/mol. The summed E-state index contributed by atoms with van der Waals surface area (Å²) >= 11 is 0. The molecule has 0 atom stereocenters. The summed E-state index contributed by atoms with van der Waals surface area (Å²) < 4.78 is 9.28. The lowest BCUT2D eigenvalue weighted by Gasteiger charge is -2.03. The van der Waals surface area contributed by atoms with E-state index in [-0.39, 0.29) is 18.0 Å². The van der Waals surface area contributed by atoms with E-state index in [9.17, 15) is 14.9 Å². The van der Waals surface area contributed by atoms with Crippen LogP contribution in [0.2, 0.25) is 0 Å². The largest absolute Gasteiger partial charge is 0.514 e. The smallest absolute Gasteiger partial charge is 0.430 e. The molecule has 0 saturated carbocycles. The molecule has 6 heteroatoms. The average molecular weight is 223 g/mol. The number of hydrogen-bond acceptors (Lipinski definition) is 5. The van der Waals surface area contributed by atoms with Crippen molar-refractivity contribution < 1.29 is 19.2 Å². The molecule has 0 fully saturated rings. The Morgan fingerprint density at radius 2 is 2.06 bits per heavy atom. The number of nitrogens with zero attached hydrogens (tertiary/aromatic N) is 1. The lowest BCUT2D eigenvalue weighted by Crippen LogP contribution is -2.10. The second-order valence-electron chi connectivity index (χ2n) is 2.70.